The number of methoxy groups -OCH3 is 1. The molecule has 0 saturated carbocycles. The first-order valence-corrected chi connectivity index (χ1v) is 6.17. The Bertz CT molecular complexity index is 601. The predicted molar refractivity (Wildman–Crippen MR) is 81.2 cm³/mol. The zero-order valence-electron chi connectivity index (χ0n) is 10.8. The smallest absolute Gasteiger partial charge is 0.142 e. The second kappa shape index (κ2) is 5.67. The molecule has 0 aliphatic rings. The Balaban J connectivity index is 2.43. The number of benzene rings is 1. The lowest BCUT2D eigenvalue weighted by Gasteiger charge is -2.21. The van der Waals surface area contributed by atoms with Crippen molar-refractivity contribution in [1.29, 1.82) is 0 Å². The van der Waals surface area contributed by atoms with Gasteiger partial charge in [-0.15, -0.1) is 0 Å². The molecule has 0 bridgehead atoms. The van der Waals surface area contributed by atoms with Crippen LogP contribution in [0.5, 0.6) is 5.75 Å². The van der Waals surface area contributed by atoms with Gasteiger partial charge in [0.05, 0.1) is 12.7 Å². The molecule has 1 aromatic heterocycles. The number of pyridine rings is 1. The second-order valence-corrected chi connectivity index (χ2v) is 4.44. The molecule has 4 nitrogen and oxygen atoms in total. The van der Waals surface area contributed by atoms with Crippen LogP contribution in [0.3, 0.4) is 0 Å². The number of anilines is 2. The zero-order chi connectivity index (χ0) is 13.8. The van der Waals surface area contributed by atoms with Gasteiger partial charge in [0.1, 0.15) is 16.6 Å². The van der Waals surface area contributed by atoms with Crippen LogP contribution in [0.4, 0.5) is 11.5 Å². The average molecular weight is 273 g/mol. The fourth-order valence-electron chi connectivity index (χ4n) is 1.80. The van der Waals surface area contributed by atoms with E-state index in [-0.39, 0.29) is 0 Å². The molecule has 0 atom stereocenters. The lowest BCUT2D eigenvalue weighted by molar-refractivity contribution is 0.415. The van der Waals surface area contributed by atoms with Crippen molar-refractivity contribution in [3.8, 4) is 5.75 Å². The van der Waals surface area contributed by atoms with Gasteiger partial charge in [-0.3, -0.25) is 0 Å². The van der Waals surface area contributed by atoms with Crippen LogP contribution in [0.1, 0.15) is 5.56 Å². The molecule has 0 aliphatic heterocycles. The maximum Gasteiger partial charge on any atom is 0.142 e. The molecule has 0 aliphatic carbocycles. The van der Waals surface area contributed by atoms with Gasteiger partial charge in [0.25, 0.3) is 0 Å². The molecular formula is C14H15N3OS. The number of nitrogens with zero attached hydrogens (tertiary/aromatic N) is 2. The maximum absolute atomic E-state index is 5.73. The predicted octanol–water partition coefficient (Wildman–Crippen LogP) is 2.49. The number of thiocarbonyl (C=S) groups is 1. The molecule has 2 aromatic rings. The van der Waals surface area contributed by atoms with Crippen LogP contribution in [0.25, 0.3) is 0 Å². The van der Waals surface area contributed by atoms with Crippen molar-refractivity contribution in [1.82, 2.24) is 4.98 Å². The number of hydrogen-bond acceptors (Lipinski definition) is 4. The summed E-state index contributed by atoms with van der Waals surface area (Å²) in [6.45, 7) is 0. The van der Waals surface area contributed by atoms with Crippen molar-refractivity contribution in [2.24, 2.45) is 5.73 Å². The van der Waals surface area contributed by atoms with Gasteiger partial charge in [-0.05, 0) is 24.3 Å². The molecule has 5 heteroatoms. The third-order valence-corrected chi connectivity index (χ3v) is 3.03. The first-order valence-electron chi connectivity index (χ1n) is 5.76. The molecule has 19 heavy (non-hydrogen) atoms. The Hall–Kier alpha value is -2.14. The van der Waals surface area contributed by atoms with E-state index in [1.165, 1.54) is 0 Å². The summed E-state index contributed by atoms with van der Waals surface area (Å²) in [6, 6.07) is 11.4. The van der Waals surface area contributed by atoms with Crippen molar-refractivity contribution in [3.63, 3.8) is 0 Å². The molecule has 98 valence electrons. The summed E-state index contributed by atoms with van der Waals surface area (Å²) < 4.78 is 5.22. The van der Waals surface area contributed by atoms with E-state index in [0.29, 0.717) is 4.99 Å². The van der Waals surface area contributed by atoms with Crippen LogP contribution >= 0.6 is 12.2 Å². The Morgan fingerprint density at radius 1 is 1.32 bits per heavy atom. The molecule has 0 amide bonds. The number of ether oxygens (including phenoxy) is 1. The Kier molecular flexibility index (Phi) is 3.97. The standard InChI is InChI=1S/C14H15N3OS/c1-17(10-5-3-6-11(9-10)18-2)14-12(13(15)19)7-4-8-16-14/h3-9H,1-2H3,(H2,15,19). The van der Waals surface area contributed by atoms with Crippen LogP contribution in [0, 0.1) is 0 Å². The van der Waals surface area contributed by atoms with Gasteiger partial charge in [-0.25, -0.2) is 4.98 Å². The Labute approximate surface area is 117 Å². The molecule has 0 fully saturated rings. The van der Waals surface area contributed by atoms with Crippen molar-refractivity contribution in [2.75, 3.05) is 19.1 Å². The van der Waals surface area contributed by atoms with E-state index in [0.717, 1.165) is 22.8 Å². The van der Waals surface area contributed by atoms with Crippen LogP contribution < -0.4 is 15.4 Å². The molecular weight excluding hydrogens is 258 g/mol. The van der Waals surface area contributed by atoms with Crippen LogP contribution in [-0.2, 0) is 0 Å². The van der Waals surface area contributed by atoms with Gasteiger partial charge < -0.3 is 15.4 Å². The van der Waals surface area contributed by atoms with E-state index >= 15 is 0 Å². The van der Waals surface area contributed by atoms with E-state index in [4.69, 9.17) is 22.7 Å². The van der Waals surface area contributed by atoms with Crippen molar-refractivity contribution in [2.45, 2.75) is 0 Å². The molecule has 1 aromatic carbocycles. The monoisotopic (exact) mass is 273 g/mol. The molecule has 0 radical (unpaired) electrons. The van der Waals surface area contributed by atoms with Gasteiger partial charge in [-0.1, -0.05) is 18.3 Å². The molecule has 0 unspecified atom stereocenters. The largest absolute Gasteiger partial charge is 0.497 e. The summed E-state index contributed by atoms with van der Waals surface area (Å²) >= 11 is 5.05. The highest BCUT2D eigenvalue weighted by Crippen LogP contribution is 2.27. The van der Waals surface area contributed by atoms with Gasteiger partial charge >= 0.3 is 0 Å². The van der Waals surface area contributed by atoms with Gasteiger partial charge in [0.15, 0.2) is 0 Å². The topological polar surface area (TPSA) is 51.4 Å². The Morgan fingerprint density at radius 3 is 2.79 bits per heavy atom. The molecule has 2 N–H and O–H groups in total. The SMILES string of the molecule is COc1cccc(N(C)c2ncccc2C(N)=S)c1. The molecule has 1 heterocycles. The van der Waals surface area contributed by atoms with E-state index in [1.54, 1.807) is 13.3 Å². The van der Waals surface area contributed by atoms with Crippen molar-refractivity contribution in [3.05, 3.63) is 48.2 Å². The van der Waals surface area contributed by atoms with Gasteiger partial charge in [0.2, 0.25) is 0 Å². The summed E-state index contributed by atoms with van der Waals surface area (Å²) in [4.78, 5) is 6.61. The highest BCUT2D eigenvalue weighted by atomic mass is 32.1. The lowest BCUT2D eigenvalue weighted by Crippen LogP contribution is -2.19. The summed E-state index contributed by atoms with van der Waals surface area (Å²) in [5, 5.41) is 0. The third-order valence-electron chi connectivity index (χ3n) is 2.81. The minimum absolute atomic E-state index is 0.331. The number of hydrogen-bond donors (Lipinski definition) is 1. The quantitative estimate of drug-likeness (QED) is 0.867. The summed E-state index contributed by atoms with van der Waals surface area (Å²) in [7, 11) is 3.55. The Morgan fingerprint density at radius 2 is 2.11 bits per heavy atom. The molecule has 0 saturated heterocycles. The fourth-order valence-corrected chi connectivity index (χ4v) is 1.96. The van der Waals surface area contributed by atoms with E-state index in [1.807, 2.05) is 48.3 Å². The van der Waals surface area contributed by atoms with E-state index in [9.17, 15) is 0 Å². The van der Waals surface area contributed by atoms with Gasteiger partial charge in [-0.2, -0.15) is 0 Å². The molecule has 2 rings (SSSR count). The maximum atomic E-state index is 5.73. The van der Waals surface area contributed by atoms with E-state index in [2.05, 4.69) is 4.98 Å². The number of nitrogens with two attached hydrogens (primary N) is 1. The first kappa shape index (κ1) is 13.3. The number of aromatic nitrogens is 1. The first-order chi connectivity index (χ1) is 9.13. The number of rotatable bonds is 4. The highest BCUT2D eigenvalue weighted by molar-refractivity contribution is 7.80. The average Bonchev–Trinajstić information content (AvgIpc) is 2.46. The second-order valence-electron chi connectivity index (χ2n) is 4.00. The normalized spacial score (nSPS) is 10.0. The fraction of sp³-hybridized carbons (Fsp3) is 0.143. The van der Waals surface area contributed by atoms with Crippen molar-refractivity contribution < 1.29 is 4.74 Å². The van der Waals surface area contributed by atoms with Crippen molar-refractivity contribution >= 4 is 28.7 Å². The summed E-state index contributed by atoms with van der Waals surface area (Å²) in [6.07, 6.45) is 1.72. The third kappa shape index (κ3) is 2.82. The van der Waals surface area contributed by atoms with Crippen LogP contribution in [-0.4, -0.2) is 24.1 Å². The summed E-state index contributed by atoms with van der Waals surface area (Å²) in [5.74, 6) is 1.51. The lowest BCUT2D eigenvalue weighted by atomic mass is 10.2. The van der Waals surface area contributed by atoms with Crippen LogP contribution in [0.15, 0.2) is 42.6 Å². The molecule has 0 spiro atoms. The van der Waals surface area contributed by atoms with Crippen LogP contribution in [0.2, 0.25) is 0 Å². The highest BCUT2D eigenvalue weighted by Gasteiger charge is 2.12. The van der Waals surface area contributed by atoms with E-state index < -0.39 is 0 Å². The zero-order valence-corrected chi connectivity index (χ0v) is 11.6. The minimum Gasteiger partial charge on any atom is -0.497 e. The summed E-state index contributed by atoms with van der Waals surface area (Å²) in [5.41, 5.74) is 7.43. The minimum atomic E-state index is 0.331. The van der Waals surface area contributed by atoms with Gasteiger partial charge in [0, 0.05) is 25.0 Å².